The maximum atomic E-state index is 13.3. The van der Waals surface area contributed by atoms with Crippen LogP contribution in [0.5, 0.6) is 5.75 Å². The summed E-state index contributed by atoms with van der Waals surface area (Å²) in [5.74, 6) is 0.763. The highest BCUT2D eigenvalue weighted by molar-refractivity contribution is 7.89. The third-order valence-electron chi connectivity index (χ3n) is 4.91. The summed E-state index contributed by atoms with van der Waals surface area (Å²) in [6.45, 7) is 7.06. The molecule has 1 aromatic carbocycles. The van der Waals surface area contributed by atoms with Gasteiger partial charge in [-0.3, -0.25) is 4.79 Å². The number of fused-ring (bicyclic) bond motifs is 1. The van der Waals surface area contributed by atoms with Gasteiger partial charge in [-0.05, 0) is 39.2 Å². The second-order valence-electron chi connectivity index (χ2n) is 7.75. The molecule has 0 bridgehead atoms. The molecule has 7 heteroatoms. The fraction of sp³-hybridized carbons (Fsp3) is 0.632. The summed E-state index contributed by atoms with van der Waals surface area (Å²) in [6.07, 6.45) is 1.86. The lowest BCUT2D eigenvalue weighted by molar-refractivity contribution is -0.137. The van der Waals surface area contributed by atoms with Crippen LogP contribution in [0, 0.1) is 0 Å². The van der Waals surface area contributed by atoms with E-state index in [0.717, 1.165) is 17.7 Å². The molecule has 6 nitrogen and oxygen atoms in total. The molecule has 1 amide bonds. The maximum absolute atomic E-state index is 13.3. The minimum absolute atomic E-state index is 0.0915. The molecule has 0 spiro atoms. The van der Waals surface area contributed by atoms with E-state index in [-0.39, 0.29) is 11.7 Å². The van der Waals surface area contributed by atoms with Crippen molar-refractivity contribution in [2.24, 2.45) is 0 Å². The van der Waals surface area contributed by atoms with E-state index < -0.39 is 21.7 Å². The van der Waals surface area contributed by atoms with Crippen LogP contribution in [-0.2, 0) is 21.4 Å². The Balaban J connectivity index is 1.87. The standard InChI is InChI=1S/C19H28N2O4S/c1-4-12-26(23,24)21-11-7-9-16(21)18(22)20-13-15-8-5-6-10-17(15)25-19(2,3)14-20/h5-6,8,10,16H,4,7,9,11-14H2,1-3H3. The van der Waals surface area contributed by atoms with Crippen molar-refractivity contribution < 1.29 is 17.9 Å². The Morgan fingerprint density at radius 1 is 1.31 bits per heavy atom. The third kappa shape index (κ3) is 3.88. The Bertz CT molecular complexity index is 775. The predicted octanol–water partition coefficient (Wildman–Crippen LogP) is 2.39. The largest absolute Gasteiger partial charge is 0.486 e. The van der Waals surface area contributed by atoms with Gasteiger partial charge in [0.25, 0.3) is 0 Å². The van der Waals surface area contributed by atoms with Crippen LogP contribution in [0.1, 0.15) is 45.6 Å². The Labute approximate surface area is 156 Å². The van der Waals surface area contributed by atoms with E-state index >= 15 is 0 Å². The highest BCUT2D eigenvalue weighted by atomic mass is 32.2. The molecule has 2 heterocycles. The Hall–Kier alpha value is -1.60. The van der Waals surface area contributed by atoms with E-state index in [1.54, 1.807) is 4.90 Å². The molecule has 1 atom stereocenters. The van der Waals surface area contributed by atoms with Gasteiger partial charge in [-0.15, -0.1) is 0 Å². The van der Waals surface area contributed by atoms with E-state index in [1.165, 1.54) is 4.31 Å². The van der Waals surface area contributed by atoms with Gasteiger partial charge in [-0.1, -0.05) is 25.1 Å². The molecule has 0 aromatic heterocycles. The van der Waals surface area contributed by atoms with Gasteiger partial charge in [-0.25, -0.2) is 8.42 Å². The maximum Gasteiger partial charge on any atom is 0.241 e. The Morgan fingerprint density at radius 3 is 2.77 bits per heavy atom. The number of sulfonamides is 1. The summed E-state index contributed by atoms with van der Waals surface area (Å²) in [6, 6.07) is 7.13. The fourth-order valence-electron chi connectivity index (χ4n) is 3.85. The van der Waals surface area contributed by atoms with Crippen LogP contribution in [0.15, 0.2) is 24.3 Å². The second kappa shape index (κ2) is 7.19. The zero-order chi connectivity index (χ0) is 18.9. The molecule has 0 aliphatic carbocycles. The van der Waals surface area contributed by atoms with E-state index in [9.17, 15) is 13.2 Å². The van der Waals surface area contributed by atoms with Crippen LogP contribution >= 0.6 is 0 Å². The average Bonchev–Trinajstić information content (AvgIpc) is 3.00. The molecule has 0 N–H and O–H groups in total. The van der Waals surface area contributed by atoms with Crippen molar-refractivity contribution in [1.29, 1.82) is 0 Å². The lowest BCUT2D eigenvalue weighted by Crippen LogP contribution is -2.51. The van der Waals surface area contributed by atoms with Crippen LogP contribution in [0.4, 0.5) is 0 Å². The lowest BCUT2D eigenvalue weighted by Gasteiger charge is -2.33. The summed E-state index contributed by atoms with van der Waals surface area (Å²) in [7, 11) is -3.39. The third-order valence-corrected chi connectivity index (χ3v) is 6.99. The first-order valence-corrected chi connectivity index (χ1v) is 10.9. The first-order chi connectivity index (χ1) is 12.2. The summed E-state index contributed by atoms with van der Waals surface area (Å²) in [4.78, 5) is 15.0. The highest BCUT2D eigenvalue weighted by Gasteiger charge is 2.42. The highest BCUT2D eigenvalue weighted by Crippen LogP contribution is 2.31. The normalized spacial score (nSPS) is 23.2. The molecule has 2 aliphatic rings. The monoisotopic (exact) mass is 380 g/mol. The number of benzene rings is 1. The molecule has 2 aliphatic heterocycles. The van der Waals surface area contributed by atoms with Gasteiger partial charge in [0.1, 0.15) is 17.4 Å². The van der Waals surface area contributed by atoms with E-state index in [2.05, 4.69) is 0 Å². The van der Waals surface area contributed by atoms with Crippen molar-refractivity contribution in [3.63, 3.8) is 0 Å². The number of ether oxygens (including phenoxy) is 1. The van der Waals surface area contributed by atoms with Crippen molar-refractivity contribution in [3.05, 3.63) is 29.8 Å². The number of carbonyl (C=O) groups excluding carboxylic acids is 1. The SMILES string of the molecule is CCCS(=O)(=O)N1CCCC1C(=O)N1Cc2ccccc2OC(C)(C)C1. The smallest absolute Gasteiger partial charge is 0.241 e. The van der Waals surface area contributed by atoms with Gasteiger partial charge in [0, 0.05) is 18.7 Å². The molecular formula is C19H28N2O4S. The van der Waals surface area contributed by atoms with Gasteiger partial charge < -0.3 is 9.64 Å². The number of amides is 1. The number of hydrogen-bond donors (Lipinski definition) is 0. The number of rotatable bonds is 4. The topological polar surface area (TPSA) is 66.9 Å². The Kier molecular flexibility index (Phi) is 5.30. The first-order valence-electron chi connectivity index (χ1n) is 9.29. The van der Waals surface area contributed by atoms with Gasteiger partial charge in [0.2, 0.25) is 15.9 Å². The quantitative estimate of drug-likeness (QED) is 0.804. The van der Waals surface area contributed by atoms with Crippen molar-refractivity contribution in [2.45, 2.75) is 58.2 Å². The predicted molar refractivity (Wildman–Crippen MR) is 100 cm³/mol. The summed E-state index contributed by atoms with van der Waals surface area (Å²) in [5, 5.41) is 0. The van der Waals surface area contributed by atoms with Crippen LogP contribution in [0.2, 0.25) is 0 Å². The fourth-order valence-corrected chi connectivity index (χ4v) is 5.59. The minimum atomic E-state index is -3.39. The molecule has 0 saturated carbocycles. The van der Waals surface area contributed by atoms with Crippen molar-refractivity contribution in [2.75, 3.05) is 18.8 Å². The van der Waals surface area contributed by atoms with E-state index in [4.69, 9.17) is 4.74 Å². The van der Waals surface area contributed by atoms with Crippen molar-refractivity contribution in [1.82, 2.24) is 9.21 Å². The Morgan fingerprint density at radius 2 is 2.04 bits per heavy atom. The number of hydrogen-bond acceptors (Lipinski definition) is 4. The summed E-state index contributed by atoms with van der Waals surface area (Å²) < 4.78 is 32.6. The molecule has 26 heavy (non-hydrogen) atoms. The molecule has 1 aromatic rings. The molecular weight excluding hydrogens is 352 g/mol. The van der Waals surface area contributed by atoms with E-state index in [0.29, 0.717) is 32.5 Å². The van der Waals surface area contributed by atoms with Gasteiger partial charge in [0.05, 0.1) is 12.3 Å². The lowest BCUT2D eigenvalue weighted by atomic mass is 10.1. The minimum Gasteiger partial charge on any atom is -0.486 e. The summed E-state index contributed by atoms with van der Waals surface area (Å²) >= 11 is 0. The summed E-state index contributed by atoms with van der Waals surface area (Å²) in [5.41, 5.74) is 0.418. The van der Waals surface area contributed by atoms with Gasteiger partial charge in [-0.2, -0.15) is 4.31 Å². The number of carbonyl (C=O) groups is 1. The van der Waals surface area contributed by atoms with Gasteiger partial charge >= 0.3 is 0 Å². The zero-order valence-corrected chi connectivity index (χ0v) is 16.6. The van der Waals surface area contributed by atoms with Crippen molar-refractivity contribution >= 4 is 15.9 Å². The molecule has 1 fully saturated rings. The molecule has 0 radical (unpaired) electrons. The average molecular weight is 381 g/mol. The molecule has 3 rings (SSSR count). The van der Waals surface area contributed by atoms with Crippen LogP contribution in [0.25, 0.3) is 0 Å². The second-order valence-corrected chi connectivity index (χ2v) is 9.79. The van der Waals surface area contributed by atoms with E-state index in [1.807, 2.05) is 45.0 Å². The first kappa shape index (κ1) is 19.2. The molecule has 1 saturated heterocycles. The van der Waals surface area contributed by atoms with Crippen LogP contribution in [0.3, 0.4) is 0 Å². The molecule has 144 valence electrons. The van der Waals surface area contributed by atoms with Crippen LogP contribution < -0.4 is 4.74 Å². The number of nitrogens with zero attached hydrogens (tertiary/aromatic N) is 2. The van der Waals surface area contributed by atoms with Gasteiger partial charge in [0.15, 0.2) is 0 Å². The number of para-hydroxylation sites is 1. The van der Waals surface area contributed by atoms with Crippen LogP contribution in [-0.4, -0.2) is 54.0 Å². The van der Waals surface area contributed by atoms with Crippen molar-refractivity contribution in [3.8, 4) is 5.75 Å². The molecule has 1 unspecified atom stereocenters. The zero-order valence-electron chi connectivity index (χ0n) is 15.8.